The molecule has 1 fully saturated rings. The van der Waals surface area contributed by atoms with Crippen LogP contribution >= 0.6 is 0 Å². The molecule has 0 spiro atoms. The third-order valence-electron chi connectivity index (χ3n) is 2.21. The molecule has 0 aliphatic heterocycles. The van der Waals surface area contributed by atoms with Gasteiger partial charge in [0.15, 0.2) is 0 Å². The van der Waals surface area contributed by atoms with Crippen molar-refractivity contribution in [3.8, 4) is 0 Å². The van der Waals surface area contributed by atoms with E-state index in [1.165, 1.54) is 19.3 Å². The van der Waals surface area contributed by atoms with Gasteiger partial charge < -0.3 is 24.8 Å². The van der Waals surface area contributed by atoms with E-state index in [0.29, 0.717) is 9.52 Å². The maximum atomic E-state index is 2.37. The summed E-state index contributed by atoms with van der Waals surface area (Å²) in [5.41, 5.74) is 1.58. The van der Waals surface area contributed by atoms with E-state index in [1.54, 1.807) is 5.57 Å². The fourth-order valence-electron chi connectivity index (χ4n) is 1.66. The van der Waals surface area contributed by atoms with Crippen molar-refractivity contribution in [3.05, 3.63) is 30.2 Å². The molecule has 15 heavy (non-hydrogen) atoms. The SMILES string of the molecule is C1=CCC2CC[CH-]C2=C1.C[SiH2]C.[Cl-].[Cl-].[Ti+3]. The van der Waals surface area contributed by atoms with Gasteiger partial charge in [0.2, 0.25) is 0 Å². The zero-order valence-electron chi connectivity index (χ0n) is 9.47. The molecule has 0 saturated heterocycles. The number of rotatable bonds is 0. The van der Waals surface area contributed by atoms with Crippen molar-refractivity contribution in [2.75, 3.05) is 0 Å². The number of hydrogen-bond acceptors (Lipinski definition) is 0. The Morgan fingerprint density at radius 3 is 2.47 bits per heavy atom. The summed E-state index contributed by atoms with van der Waals surface area (Å²) in [5.74, 6) is 0.884. The van der Waals surface area contributed by atoms with E-state index in [2.05, 4.69) is 37.7 Å². The maximum absolute atomic E-state index is 2.37. The Hall–Kier alpha value is 0.861. The van der Waals surface area contributed by atoms with Gasteiger partial charge in [-0.3, -0.25) is 0 Å². The van der Waals surface area contributed by atoms with Gasteiger partial charge in [0.25, 0.3) is 0 Å². The van der Waals surface area contributed by atoms with Crippen molar-refractivity contribution >= 4 is 9.52 Å². The molecule has 2 rings (SSSR count). The van der Waals surface area contributed by atoms with Crippen molar-refractivity contribution in [2.45, 2.75) is 32.4 Å². The molecule has 0 amide bonds. The predicted octanol–water partition coefficient (Wildman–Crippen LogP) is -3.26. The molecule has 2 aliphatic carbocycles. The van der Waals surface area contributed by atoms with E-state index in [1.807, 2.05) is 0 Å². The topological polar surface area (TPSA) is 0 Å². The summed E-state index contributed by atoms with van der Waals surface area (Å²) in [6.45, 7) is 4.53. The molecular formula is C11H19Cl2SiTi. The number of fused-ring (bicyclic) bond motifs is 1. The summed E-state index contributed by atoms with van der Waals surface area (Å²) in [5, 5.41) is 0. The van der Waals surface area contributed by atoms with Crippen LogP contribution in [0, 0.1) is 12.3 Å². The molecule has 0 aromatic rings. The van der Waals surface area contributed by atoms with Crippen molar-refractivity contribution < 1.29 is 46.5 Å². The van der Waals surface area contributed by atoms with Crippen LogP contribution < -0.4 is 24.8 Å². The average molecular weight is 298 g/mol. The number of allylic oxidation sites excluding steroid dienone is 4. The van der Waals surface area contributed by atoms with E-state index in [4.69, 9.17) is 0 Å². The van der Waals surface area contributed by atoms with E-state index in [9.17, 15) is 0 Å². The quantitative estimate of drug-likeness (QED) is 0.325. The summed E-state index contributed by atoms with van der Waals surface area (Å²) in [4.78, 5) is 0. The first-order chi connectivity index (χ1) is 5.88. The maximum Gasteiger partial charge on any atom is 3.00 e. The van der Waals surface area contributed by atoms with Crippen LogP contribution in [-0.4, -0.2) is 9.52 Å². The minimum absolute atomic E-state index is 0. The molecule has 0 nitrogen and oxygen atoms in total. The van der Waals surface area contributed by atoms with E-state index in [0.717, 1.165) is 5.92 Å². The Morgan fingerprint density at radius 2 is 1.93 bits per heavy atom. The van der Waals surface area contributed by atoms with Crippen LogP contribution in [0.25, 0.3) is 0 Å². The van der Waals surface area contributed by atoms with Gasteiger partial charge in [-0.2, -0.15) is 0 Å². The Kier molecular flexibility index (Phi) is 18.3. The van der Waals surface area contributed by atoms with Crippen LogP contribution in [0.15, 0.2) is 23.8 Å². The smallest absolute Gasteiger partial charge is 1.00 e. The molecular weight excluding hydrogens is 279 g/mol. The normalized spacial score (nSPS) is 19.9. The average Bonchev–Trinajstić information content (AvgIpc) is 2.52. The minimum atomic E-state index is 0. The van der Waals surface area contributed by atoms with Crippen LogP contribution in [0.5, 0.6) is 0 Å². The standard InChI is InChI=1S/C9H11.C2H8Si.2ClH.Ti/c1-2-5-9-7-3-6-8(9)4-1;1-3-2;;;/h1-2,4,6,9H,3,5,7H2;3H2,1-2H3;2*1H;/q-1;;;;+3/p-2. The number of halogens is 2. The fourth-order valence-corrected chi connectivity index (χ4v) is 1.66. The molecule has 0 heterocycles. The van der Waals surface area contributed by atoms with Crippen LogP contribution in [0.3, 0.4) is 0 Å². The van der Waals surface area contributed by atoms with Crippen LogP contribution in [0.1, 0.15) is 19.3 Å². The van der Waals surface area contributed by atoms with E-state index < -0.39 is 0 Å². The second-order valence-corrected chi connectivity index (χ2v) is 4.93. The van der Waals surface area contributed by atoms with Crippen molar-refractivity contribution in [2.24, 2.45) is 5.92 Å². The molecule has 1 atom stereocenters. The molecule has 2 aliphatic rings. The van der Waals surface area contributed by atoms with E-state index >= 15 is 0 Å². The zero-order chi connectivity index (χ0) is 8.81. The second-order valence-electron chi connectivity index (χ2n) is 3.52. The summed E-state index contributed by atoms with van der Waals surface area (Å²) in [6.07, 6.45) is 13.0. The van der Waals surface area contributed by atoms with Crippen molar-refractivity contribution in [1.82, 2.24) is 0 Å². The zero-order valence-corrected chi connectivity index (χ0v) is 14.0. The molecule has 4 heteroatoms. The Balaban J connectivity index is -0.000000220. The minimum Gasteiger partial charge on any atom is -1.00 e. The third kappa shape index (κ3) is 7.71. The summed E-state index contributed by atoms with van der Waals surface area (Å²) in [6, 6.07) is 0. The van der Waals surface area contributed by atoms with Gasteiger partial charge in [-0.25, -0.2) is 18.1 Å². The molecule has 1 saturated carbocycles. The van der Waals surface area contributed by atoms with Gasteiger partial charge in [-0.15, -0.1) is 18.6 Å². The summed E-state index contributed by atoms with van der Waals surface area (Å²) < 4.78 is 0. The first-order valence-corrected chi connectivity index (χ1v) is 7.91. The first kappa shape index (κ1) is 21.2. The first-order valence-electron chi connectivity index (χ1n) is 5.08. The Labute approximate surface area is 124 Å². The van der Waals surface area contributed by atoms with Gasteiger partial charge in [0.1, 0.15) is 0 Å². The van der Waals surface area contributed by atoms with Crippen LogP contribution in [0.2, 0.25) is 13.1 Å². The van der Waals surface area contributed by atoms with Crippen molar-refractivity contribution in [1.29, 1.82) is 0 Å². The Morgan fingerprint density at radius 1 is 1.33 bits per heavy atom. The molecule has 0 N–H and O–H groups in total. The summed E-state index contributed by atoms with van der Waals surface area (Å²) >= 11 is 0. The fraction of sp³-hybridized carbons (Fsp3) is 0.545. The van der Waals surface area contributed by atoms with Crippen LogP contribution in [-0.2, 0) is 21.7 Å². The van der Waals surface area contributed by atoms with Gasteiger partial charge in [0, 0.05) is 9.52 Å². The van der Waals surface area contributed by atoms with Gasteiger partial charge in [-0.05, 0) is 12.3 Å². The predicted molar refractivity (Wildman–Crippen MR) is 59.1 cm³/mol. The second kappa shape index (κ2) is 12.9. The molecule has 0 aromatic heterocycles. The summed E-state index contributed by atoms with van der Waals surface area (Å²) in [7, 11) is 0.417. The molecule has 85 valence electrons. The largest absolute Gasteiger partial charge is 3.00 e. The number of hydrogen-bond donors (Lipinski definition) is 0. The van der Waals surface area contributed by atoms with E-state index in [-0.39, 0.29) is 46.5 Å². The molecule has 1 radical (unpaired) electrons. The monoisotopic (exact) mass is 297 g/mol. The molecule has 0 bridgehead atoms. The van der Waals surface area contributed by atoms with Gasteiger partial charge in [-0.1, -0.05) is 19.5 Å². The Bertz CT molecular complexity index is 193. The van der Waals surface area contributed by atoms with Gasteiger partial charge >= 0.3 is 21.7 Å². The third-order valence-corrected chi connectivity index (χ3v) is 2.21. The van der Waals surface area contributed by atoms with Crippen molar-refractivity contribution in [3.63, 3.8) is 0 Å². The molecule has 0 aromatic carbocycles. The van der Waals surface area contributed by atoms with Gasteiger partial charge in [0.05, 0.1) is 0 Å². The van der Waals surface area contributed by atoms with Crippen LogP contribution in [0.4, 0.5) is 0 Å². The molecule has 1 unspecified atom stereocenters.